The second-order valence-electron chi connectivity index (χ2n) is 5.90. The molecule has 0 radical (unpaired) electrons. The number of amides is 1. The van der Waals surface area contributed by atoms with Crippen LogP contribution in [0, 0.1) is 22.7 Å². The Morgan fingerprint density at radius 1 is 1.56 bits per heavy atom. The number of hydrogen-bond donors (Lipinski definition) is 0. The van der Waals surface area contributed by atoms with E-state index in [1.54, 1.807) is 4.90 Å². The van der Waals surface area contributed by atoms with Gasteiger partial charge in [-0.1, -0.05) is 0 Å². The summed E-state index contributed by atoms with van der Waals surface area (Å²) in [5.41, 5.74) is -0.337. The third kappa shape index (κ3) is 1.99. The molecule has 2 unspecified atom stereocenters. The smallest absolute Gasteiger partial charge is 0.410 e. The molecule has 0 aromatic carbocycles. The van der Waals surface area contributed by atoms with Crippen molar-refractivity contribution in [2.45, 2.75) is 39.2 Å². The van der Waals surface area contributed by atoms with Crippen LogP contribution in [-0.2, 0) is 4.74 Å². The molecule has 0 bridgehead atoms. The van der Waals surface area contributed by atoms with Crippen LogP contribution >= 0.6 is 0 Å². The van der Waals surface area contributed by atoms with Gasteiger partial charge in [-0.25, -0.2) is 4.79 Å². The van der Waals surface area contributed by atoms with E-state index in [2.05, 4.69) is 6.07 Å². The number of likely N-dealkylation sites (tertiary alicyclic amines) is 1. The van der Waals surface area contributed by atoms with Crippen LogP contribution < -0.4 is 0 Å². The largest absolute Gasteiger partial charge is 0.444 e. The zero-order valence-corrected chi connectivity index (χ0v) is 10.1. The minimum absolute atomic E-state index is 0.103. The summed E-state index contributed by atoms with van der Waals surface area (Å²) in [6.07, 6.45) is 1.65. The van der Waals surface area contributed by atoms with E-state index >= 15 is 0 Å². The predicted molar refractivity (Wildman–Crippen MR) is 58.6 cm³/mol. The number of hydrogen-bond acceptors (Lipinski definition) is 3. The first-order valence-electron chi connectivity index (χ1n) is 5.74. The van der Waals surface area contributed by atoms with Gasteiger partial charge in [-0.3, -0.25) is 0 Å². The van der Waals surface area contributed by atoms with Gasteiger partial charge < -0.3 is 9.64 Å². The van der Waals surface area contributed by atoms with Crippen LogP contribution in [-0.4, -0.2) is 29.7 Å². The lowest BCUT2D eigenvalue weighted by Crippen LogP contribution is -2.35. The highest BCUT2D eigenvalue weighted by Gasteiger charge is 2.58. The van der Waals surface area contributed by atoms with Gasteiger partial charge in [-0.15, -0.1) is 0 Å². The van der Waals surface area contributed by atoms with Crippen LogP contribution in [0.25, 0.3) is 0 Å². The molecule has 4 nitrogen and oxygen atoms in total. The first-order chi connectivity index (χ1) is 7.36. The van der Waals surface area contributed by atoms with Crippen LogP contribution in [0.5, 0.6) is 0 Å². The molecule has 1 spiro atoms. The molecular weight excluding hydrogens is 204 g/mol. The third-order valence-corrected chi connectivity index (χ3v) is 3.38. The predicted octanol–water partition coefficient (Wildman–Crippen LogP) is 2.16. The van der Waals surface area contributed by atoms with Crippen molar-refractivity contribution >= 4 is 6.09 Å². The molecule has 1 saturated heterocycles. The van der Waals surface area contributed by atoms with Crippen molar-refractivity contribution in [3.05, 3.63) is 0 Å². The second kappa shape index (κ2) is 3.38. The van der Waals surface area contributed by atoms with Crippen molar-refractivity contribution in [3.8, 4) is 6.07 Å². The van der Waals surface area contributed by atoms with Crippen LogP contribution in [0.15, 0.2) is 0 Å². The van der Waals surface area contributed by atoms with Crippen LogP contribution in [0.4, 0.5) is 4.79 Å². The van der Waals surface area contributed by atoms with Crippen molar-refractivity contribution in [1.82, 2.24) is 4.90 Å². The van der Waals surface area contributed by atoms with E-state index in [9.17, 15) is 4.79 Å². The van der Waals surface area contributed by atoms with E-state index in [0.29, 0.717) is 6.54 Å². The van der Waals surface area contributed by atoms with Gasteiger partial charge in [0.2, 0.25) is 0 Å². The highest BCUT2D eigenvalue weighted by Crippen LogP contribution is 2.58. The molecule has 1 heterocycles. The second-order valence-corrected chi connectivity index (χ2v) is 5.90. The van der Waals surface area contributed by atoms with Gasteiger partial charge in [-0.2, -0.15) is 5.26 Å². The number of carbonyl (C=O) groups is 1. The molecule has 2 rings (SSSR count). The molecule has 2 aliphatic rings. The Hall–Kier alpha value is -1.24. The van der Waals surface area contributed by atoms with Crippen molar-refractivity contribution in [1.29, 1.82) is 5.26 Å². The topological polar surface area (TPSA) is 53.3 Å². The third-order valence-electron chi connectivity index (χ3n) is 3.38. The van der Waals surface area contributed by atoms with Crippen LogP contribution in [0.3, 0.4) is 0 Å². The van der Waals surface area contributed by atoms with Gasteiger partial charge in [0, 0.05) is 18.5 Å². The summed E-state index contributed by atoms with van der Waals surface area (Å²) in [4.78, 5) is 13.5. The SMILES string of the molecule is CC(C)(C)OC(=O)N1CCC2(CC2C#N)C1. The maximum absolute atomic E-state index is 11.8. The van der Waals surface area contributed by atoms with E-state index in [0.717, 1.165) is 19.4 Å². The Morgan fingerprint density at radius 3 is 2.75 bits per heavy atom. The van der Waals surface area contributed by atoms with Crippen molar-refractivity contribution < 1.29 is 9.53 Å². The summed E-state index contributed by atoms with van der Waals surface area (Å²) in [5, 5.41) is 8.86. The van der Waals surface area contributed by atoms with E-state index < -0.39 is 5.60 Å². The Bertz CT molecular complexity index is 353. The van der Waals surface area contributed by atoms with Gasteiger partial charge in [-0.05, 0) is 33.6 Å². The molecule has 1 saturated carbocycles. The lowest BCUT2D eigenvalue weighted by atomic mass is 10.0. The number of carbonyl (C=O) groups excluding carboxylic acids is 1. The highest BCUT2D eigenvalue weighted by molar-refractivity contribution is 5.68. The molecule has 4 heteroatoms. The van der Waals surface area contributed by atoms with Crippen LogP contribution in [0.1, 0.15) is 33.6 Å². The molecule has 0 aromatic heterocycles. The molecule has 0 N–H and O–H groups in total. The van der Waals surface area contributed by atoms with E-state index in [-0.39, 0.29) is 17.4 Å². The van der Waals surface area contributed by atoms with E-state index in [1.165, 1.54) is 0 Å². The Kier molecular flexibility index (Phi) is 2.37. The normalized spacial score (nSPS) is 32.6. The monoisotopic (exact) mass is 222 g/mol. The minimum Gasteiger partial charge on any atom is -0.444 e. The molecule has 88 valence electrons. The number of nitrogens with zero attached hydrogens (tertiary/aromatic N) is 2. The molecule has 2 atom stereocenters. The van der Waals surface area contributed by atoms with Gasteiger partial charge in [0.25, 0.3) is 0 Å². The van der Waals surface area contributed by atoms with Crippen LogP contribution in [0.2, 0.25) is 0 Å². The lowest BCUT2D eigenvalue weighted by molar-refractivity contribution is 0.0285. The summed E-state index contributed by atoms with van der Waals surface area (Å²) in [6, 6.07) is 2.30. The highest BCUT2D eigenvalue weighted by atomic mass is 16.6. The molecule has 2 fully saturated rings. The number of rotatable bonds is 0. The van der Waals surface area contributed by atoms with Gasteiger partial charge in [0.05, 0.1) is 12.0 Å². The molecular formula is C12H18N2O2. The standard InChI is InChI=1S/C12H18N2O2/c1-11(2,3)16-10(15)14-5-4-12(8-14)6-9(12)7-13/h9H,4-6,8H2,1-3H3. The minimum atomic E-state index is -0.439. The summed E-state index contributed by atoms with van der Waals surface area (Å²) < 4.78 is 5.32. The van der Waals surface area contributed by atoms with Crippen molar-refractivity contribution in [2.24, 2.45) is 11.3 Å². The fourth-order valence-corrected chi connectivity index (χ4v) is 2.36. The van der Waals surface area contributed by atoms with Crippen molar-refractivity contribution in [3.63, 3.8) is 0 Å². The fourth-order valence-electron chi connectivity index (χ4n) is 2.36. The maximum Gasteiger partial charge on any atom is 0.410 e. The summed E-state index contributed by atoms with van der Waals surface area (Å²) in [6.45, 7) is 7.02. The molecule has 1 amide bonds. The molecule has 16 heavy (non-hydrogen) atoms. The molecule has 1 aliphatic heterocycles. The first kappa shape index (κ1) is 11.3. The maximum atomic E-state index is 11.8. The lowest BCUT2D eigenvalue weighted by Gasteiger charge is -2.24. The van der Waals surface area contributed by atoms with Gasteiger partial charge >= 0.3 is 6.09 Å². The zero-order valence-electron chi connectivity index (χ0n) is 10.1. The van der Waals surface area contributed by atoms with Crippen molar-refractivity contribution in [2.75, 3.05) is 13.1 Å². The molecule has 1 aliphatic carbocycles. The van der Waals surface area contributed by atoms with Gasteiger partial charge in [0.15, 0.2) is 0 Å². The van der Waals surface area contributed by atoms with Gasteiger partial charge in [0.1, 0.15) is 5.60 Å². The Balaban J connectivity index is 1.91. The average molecular weight is 222 g/mol. The Labute approximate surface area is 96.2 Å². The number of nitriles is 1. The summed E-state index contributed by atoms with van der Waals surface area (Å²) in [5.74, 6) is 0.153. The Morgan fingerprint density at radius 2 is 2.25 bits per heavy atom. The molecule has 0 aromatic rings. The first-order valence-corrected chi connectivity index (χ1v) is 5.74. The summed E-state index contributed by atoms with van der Waals surface area (Å²) >= 11 is 0. The number of ether oxygens (including phenoxy) is 1. The summed E-state index contributed by atoms with van der Waals surface area (Å²) in [7, 11) is 0. The quantitative estimate of drug-likeness (QED) is 0.631. The average Bonchev–Trinajstić information content (AvgIpc) is 2.62. The zero-order chi connectivity index (χ0) is 12.0. The van der Waals surface area contributed by atoms with E-state index in [1.807, 2.05) is 20.8 Å². The fraction of sp³-hybridized carbons (Fsp3) is 0.833. The van der Waals surface area contributed by atoms with E-state index in [4.69, 9.17) is 10.00 Å².